The lowest BCUT2D eigenvalue weighted by Crippen LogP contribution is -2.28. The van der Waals surface area contributed by atoms with E-state index in [0.29, 0.717) is 13.2 Å². The highest BCUT2D eigenvalue weighted by atomic mass is 16.5. The second-order valence-corrected chi connectivity index (χ2v) is 7.71. The first-order valence-corrected chi connectivity index (χ1v) is 10.5. The number of pyridine rings is 1. The molecule has 152 valence electrons. The molecule has 0 spiro atoms. The smallest absolute Gasteiger partial charge is 0.247 e. The molecule has 1 aromatic heterocycles. The van der Waals surface area contributed by atoms with Crippen LogP contribution < -0.4 is 9.47 Å². The van der Waals surface area contributed by atoms with Crippen LogP contribution in [0.1, 0.15) is 36.6 Å². The van der Waals surface area contributed by atoms with Gasteiger partial charge in [0.05, 0.1) is 30.5 Å². The lowest BCUT2D eigenvalue weighted by atomic mass is 10.0. The van der Waals surface area contributed by atoms with Crippen molar-refractivity contribution in [3.05, 3.63) is 71.9 Å². The molecule has 0 aliphatic carbocycles. The monoisotopic (exact) mass is 400 g/mol. The van der Waals surface area contributed by atoms with Gasteiger partial charge in [-0.25, -0.2) is 4.98 Å². The highest BCUT2D eigenvalue weighted by molar-refractivity contribution is 5.92. The van der Waals surface area contributed by atoms with Gasteiger partial charge in [0.1, 0.15) is 0 Å². The van der Waals surface area contributed by atoms with E-state index in [1.807, 2.05) is 53.4 Å². The van der Waals surface area contributed by atoms with Crippen LogP contribution in [0.3, 0.4) is 0 Å². The summed E-state index contributed by atoms with van der Waals surface area (Å²) in [6.45, 7) is 2.09. The number of nitrogens with zero attached hydrogens (tertiary/aromatic N) is 2. The van der Waals surface area contributed by atoms with Gasteiger partial charge in [0.2, 0.25) is 5.91 Å². The van der Waals surface area contributed by atoms with E-state index in [1.165, 1.54) is 0 Å². The third-order valence-corrected chi connectivity index (χ3v) is 5.71. The van der Waals surface area contributed by atoms with Crippen LogP contribution in [0, 0.1) is 0 Å². The molecule has 1 saturated heterocycles. The molecule has 3 heterocycles. The lowest BCUT2D eigenvalue weighted by molar-refractivity contribution is -0.126. The van der Waals surface area contributed by atoms with Gasteiger partial charge in [-0.1, -0.05) is 30.3 Å². The van der Waals surface area contributed by atoms with E-state index < -0.39 is 0 Å². The van der Waals surface area contributed by atoms with Gasteiger partial charge in [-0.15, -0.1) is 0 Å². The van der Waals surface area contributed by atoms with E-state index >= 15 is 0 Å². The van der Waals surface area contributed by atoms with Crippen molar-refractivity contribution in [2.24, 2.45) is 0 Å². The predicted molar refractivity (Wildman–Crippen MR) is 117 cm³/mol. The van der Waals surface area contributed by atoms with Gasteiger partial charge >= 0.3 is 0 Å². The Kier molecular flexibility index (Phi) is 5.10. The van der Waals surface area contributed by atoms with Gasteiger partial charge in [0.15, 0.2) is 11.5 Å². The minimum absolute atomic E-state index is 0.0135. The molecule has 1 amide bonds. The maximum Gasteiger partial charge on any atom is 0.247 e. The van der Waals surface area contributed by atoms with Crippen molar-refractivity contribution < 1.29 is 14.3 Å². The van der Waals surface area contributed by atoms with Crippen LogP contribution in [0.5, 0.6) is 11.5 Å². The summed E-state index contributed by atoms with van der Waals surface area (Å²) in [4.78, 5) is 19.5. The van der Waals surface area contributed by atoms with E-state index in [4.69, 9.17) is 9.47 Å². The SMILES string of the molecule is O=C(/C=C/c1ccc2ccccc2n1)N1CCC[C@@H]1c1ccc2c(c1)OCCCO2. The standard InChI is InChI=1S/C25H24N2O3/c28-25(13-11-20-10-8-18-5-1-2-6-21(18)26-20)27-14-3-7-22(27)19-9-12-23-24(17-19)30-16-4-15-29-23/h1-2,5-6,8-13,17,22H,3-4,7,14-16H2/b13-11+/t22-/m1/s1. The maximum absolute atomic E-state index is 13.0. The van der Waals surface area contributed by atoms with Crippen LogP contribution in [0.2, 0.25) is 0 Å². The lowest BCUT2D eigenvalue weighted by Gasteiger charge is -2.24. The summed E-state index contributed by atoms with van der Waals surface area (Å²) in [6.07, 6.45) is 6.27. The summed E-state index contributed by atoms with van der Waals surface area (Å²) in [7, 11) is 0. The summed E-state index contributed by atoms with van der Waals surface area (Å²) >= 11 is 0. The summed E-state index contributed by atoms with van der Waals surface area (Å²) in [5.41, 5.74) is 2.81. The fraction of sp³-hybridized carbons (Fsp3) is 0.280. The molecule has 5 rings (SSSR count). The van der Waals surface area contributed by atoms with E-state index in [-0.39, 0.29) is 11.9 Å². The number of benzene rings is 2. The summed E-state index contributed by atoms with van der Waals surface area (Å²) in [5.74, 6) is 1.58. The fourth-order valence-corrected chi connectivity index (χ4v) is 4.19. The molecule has 5 heteroatoms. The first kappa shape index (κ1) is 18.7. The first-order chi connectivity index (χ1) is 14.8. The molecule has 30 heavy (non-hydrogen) atoms. The van der Waals surface area contributed by atoms with E-state index in [2.05, 4.69) is 11.1 Å². The largest absolute Gasteiger partial charge is 0.490 e. The number of fused-ring (bicyclic) bond motifs is 2. The number of carbonyl (C=O) groups excluding carboxylic acids is 1. The van der Waals surface area contributed by atoms with Crippen molar-refractivity contribution in [3.63, 3.8) is 0 Å². The van der Waals surface area contributed by atoms with Crippen LogP contribution >= 0.6 is 0 Å². The molecule has 2 aliphatic rings. The van der Waals surface area contributed by atoms with E-state index in [1.54, 1.807) is 12.2 Å². The van der Waals surface area contributed by atoms with Gasteiger partial charge in [0.25, 0.3) is 0 Å². The van der Waals surface area contributed by atoms with Crippen molar-refractivity contribution in [3.8, 4) is 11.5 Å². The van der Waals surface area contributed by atoms with Gasteiger partial charge < -0.3 is 14.4 Å². The topological polar surface area (TPSA) is 51.7 Å². The molecular weight excluding hydrogens is 376 g/mol. The number of carbonyl (C=O) groups is 1. The Morgan fingerprint density at radius 3 is 2.80 bits per heavy atom. The summed E-state index contributed by atoms with van der Waals surface area (Å²) in [6, 6.07) is 18.1. The zero-order valence-corrected chi connectivity index (χ0v) is 16.8. The molecule has 0 radical (unpaired) electrons. The Morgan fingerprint density at radius 1 is 1.00 bits per heavy atom. The van der Waals surface area contributed by atoms with Gasteiger partial charge in [-0.05, 0) is 48.7 Å². The quantitative estimate of drug-likeness (QED) is 0.594. The molecule has 5 nitrogen and oxygen atoms in total. The van der Waals surface area contributed by atoms with E-state index in [9.17, 15) is 4.79 Å². The van der Waals surface area contributed by atoms with Crippen LogP contribution in [0.15, 0.2) is 60.7 Å². The second-order valence-electron chi connectivity index (χ2n) is 7.71. The highest BCUT2D eigenvalue weighted by Crippen LogP contribution is 2.38. The zero-order valence-electron chi connectivity index (χ0n) is 16.8. The molecule has 2 aliphatic heterocycles. The number of para-hydroxylation sites is 1. The van der Waals surface area contributed by atoms with Crippen molar-refractivity contribution >= 4 is 22.9 Å². The number of hydrogen-bond acceptors (Lipinski definition) is 4. The van der Waals surface area contributed by atoms with Crippen LogP contribution in [-0.4, -0.2) is 35.5 Å². The summed E-state index contributed by atoms with van der Waals surface area (Å²) < 4.78 is 11.6. The van der Waals surface area contributed by atoms with Crippen molar-refractivity contribution in [2.75, 3.05) is 19.8 Å². The Labute approximate surface area is 175 Å². The minimum atomic E-state index is 0.0135. The Balaban J connectivity index is 1.34. The number of ether oxygens (including phenoxy) is 2. The minimum Gasteiger partial charge on any atom is -0.490 e. The molecule has 0 saturated carbocycles. The average Bonchev–Trinajstić information content (AvgIpc) is 3.16. The number of aromatic nitrogens is 1. The molecule has 0 N–H and O–H groups in total. The maximum atomic E-state index is 13.0. The Hall–Kier alpha value is -3.34. The van der Waals surface area contributed by atoms with Crippen LogP contribution in [0.25, 0.3) is 17.0 Å². The molecule has 0 unspecified atom stereocenters. The number of hydrogen-bond donors (Lipinski definition) is 0. The number of likely N-dealkylation sites (tertiary alicyclic amines) is 1. The van der Waals surface area contributed by atoms with Crippen molar-refractivity contribution in [2.45, 2.75) is 25.3 Å². The van der Waals surface area contributed by atoms with Crippen LogP contribution in [0.4, 0.5) is 0 Å². The molecule has 3 aromatic rings. The Morgan fingerprint density at radius 2 is 1.87 bits per heavy atom. The van der Waals surface area contributed by atoms with Gasteiger partial charge in [0, 0.05) is 24.4 Å². The summed E-state index contributed by atoms with van der Waals surface area (Å²) in [5, 5.41) is 1.09. The Bertz CT molecular complexity index is 1110. The molecule has 0 bridgehead atoms. The van der Waals surface area contributed by atoms with Crippen molar-refractivity contribution in [1.82, 2.24) is 9.88 Å². The molecule has 1 atom stereocenters. The first-order valence-electron chi connectivity index (χ1n) is 10.5. The molecule has 2 aromatic carbocycles. The van der Waals surface area contributed by atoms with Gasteiger partial charge in [-0.3, -0.25) is 4.79 Å². The predicted octanol–water partition coefficient (Wildman–Crippen LogP) is 4.77. The number of rotatable bonds is 3. The third kappa shape index (κ3) is 3.75. The zero-order chi connectivity index (χ0) is 20.3. The second kappa shape index (κ2) is 8.19. The van der Waals surface area contributed by atoms with Crippen molar-refractivity contribution in [1.29, 1.82) is 0 Å². The molecule has 1 fully saturated rings. The highest BCUT2D eigenvalue weighted by Gasteiger charge is 2.29. The van der Waals surface area contributed by atoms with Gasteiger partial charge in [-0.2, -0.15) is 0 Å². The number of amides is 1. The fourth-order valence-electron chi connectivity index (χ4n) is 4.19. The molecular formula is C25H24N2O3. The van der Waals surface area contributed by atoms with E-state index in [0.717, 1.165) is 59.5 Å². The van der Waals surface area contributed by atoms with Crippen LogP contribution in [-0.2, 0) is 4.79 Å². The average molecular weight is 400 g/mol. The third-order valence-electron chi connectivity index (χ3n) is 5.71. The normalized spacial score (nSPS) is 18.7.